The lowest BCUT2D eigenvalue weighted by atomic mass is 9.99. The van der Waals surface area contributed by atoms with E-state index in [-0.39, 0.29) is 5.38 Å². The Hall–Kier alpha value is -0.760. The van der Waals surface area contributed by atoms with Crippen molar-refractivity contribution in [3.8, 4) is 0 Å². The van der Waals surface area contributed by atoms with Crippen LogP contribution in [0.15, 0.2) is 18.5 Å². The molecule has 1 aromatic rings. The minimum Gasteiger partial charge on any atom is -0.334 e. The van der Waals surface area contributed by atoms with Crippen LogP contribution < -0.4 is 0 Å². The number of aryl methyl sites for hydroxylation is 1. The zero-order chi connectivity index (χ0) is 9.26. The fourth-order valence-electron chi connectivity index (χ4n) is 1.73. The quantitative estimate of drug-likeness (QED) is 0.632. The number of alkyl halides is 1. The van der Waals surface area contributed by atoms with E-state index < -0.39 is 0 Å². The second kappa shape index (κ2) is 3.54. The first-order chi connectivity index (χ1) is 6.27. The maximum atomic E-state index is 6.07. The Balaban J connectivity index is 2.30. The highest BCUT2D eigenvalue weighted by Crippen LogP contribution is 2.27. The van der Waals surface area contributed by atoms with E-state index in [1.54, 1.807) is 0 Å². The number of halogens is 1. The predicted molar refractivity (Wildman–Crippen MR) is 54.7 cm³/mol. The molecule has 3 heteroatoms. The van der Waals surface area contributed by atoms with Crippen LogP contribution >= 0.6 is 11.6 Å². The SMILES string of the molecule is Cn1ccnc1C1=CC(Cl)CCC1. The number of nitrogens with zero attached hydrogens (tertiary/aromatic N) is 2. The molecule has 1 heterocycles. The lowest BCUT2D eigenvalue weighted by molar-refractivity contribution is 0.735. The van der Waals surface area contributed by atoms with Crippen molar-refractivity contribution in [3.05, 3.63) is 24.3 Å². The highest BCUT2D eigenvalue weighted by molar-refractivity contribution is 6.22. The van der Waals surface area contributed by atoms with Gasteiger partial charge in [-0.1, -0.05) is 6.08 Å². The third kappa shape index (κ3) is 1.78. The van der Waals surface area contributed by atoms with Crippen LogP contribution in [0.1, 0.15) is 25.1 Å². The number of hydrogen-bond donors (Lipinski definition) is 0. The second-order valence-corrected chi connectivity index (χ2v) is 4.02. The molecule has 0 saturated heterocycles. The Kier molecular flexibility index (Phi) is 2.40. The fraction of sp³-hybridized carbons (Fsp3) is 0.500. The van der Waals surface area contributed by atoms with Gasteiger partial charge in [0.1, 0.15) is 5.82 Å². The first kappa shape index (κ1) is 8.82. The van der Waals surface area contributed by atoms with Crippen molar-refractivity contribution >= 4 is 17.2 Å². The number of rotatable bonds is 1. The predicted octanol–water partition coefficient (Wildman–Crippen LogP) is 2.59. The van der Waals surface area contributed by atoms with Gasteiger partial charge in [-0.2, -0.15) is 0 Å². The minimum absolute atomic E-state index is 0.195. The van der Waals surface area contributed by atoms with Gasteiger partial charge in [-0.25, -0.2) is 4.98 Å². The van der Waals surface area contributed by atoms with Crippen molar-refractivity contribution in [3.63, 3.8) is 0 Å². The molecule has 1 unspecified atom stereocenters. The Bertz CT molecular complexity index is 327. The van der Waals surface area contributed by atoms with Gasteiger partial charge in [-0.3, -0.25) is 0 Å². The summed E-state index contributed by atoms with van der Waals surface area (Å²) in [5.74, 6) is 1.06. The molecule has 1 aromatic heterocycles. The van der Waals surface area contributed by atoms with Crippen LogP contribution in [0.25, 0.3) is 5.57 Å². The molecule has 70 valence electrons. The van der Waals surface area contributed by atoms with Gasteiger partial charge in [-0.05, 0) is 24.8 Å². The summed E-state index contributed by atoms with van der Waals surface area (Å²) in [6, 6.07) is 0. The molecule has 1 aliphatic carbocycles. The standard InChI is InChI=1S/C10H13ClN2/c1-13-6-5-12-10(13)8-3-2-4-9(11)7-8/h5-7,9H,2-4H2,1H3. The topological polar surface area (TPSA) is 17.8 Å². The average Bonchev–Trinajstić information content (AvgIpc) is 2.51. The van der Waals surface area contributed by atoms with Crippen molar-refractivity contribution in [2.24, 2.45) is 7.05 Å². The first-order valence-corrected chi connectivity index (χ1v) is 5.03. The van der Waals surface area contributed by atoms with Gasteiger partial charge in [0, 0.05) is 19.4 Å². The van der Waals surface area contributed by atoms with Gasteiger partial charge >= 0.3 is 0 Å². The number of imidazole rings is 1. The van der Waals surface area contributed by atoms with Crippen LogP contribution in [0, 0.1) is 0 Å². The van der Waals surface area contributed by atoms with Crippen LogP contribution in [-0.2, 0) is 7.05 Å². The van der Waals surface area contributed by atoms with E-state index in [0.29, 0.717) is 0 Å². The molecule has 13 heavy (non-hydrogen) atoms. The Labute approximate surface area is 83.2 Å². The molecule has 1 atom stereocenters. The van der Waals surface area contributed by atoms with Crippen LogP contribution in [0.4, 0.5) is 0 Å². The molecule has 0 spiro atoms. The van der Waals surface area contributed by atoms with Crippen LogP contribution in [-0.4, -0.2) is 14.9 Å². The lowest BCUT2D eigenvalue weighted by Crippen LogP contribution is -2.06. The Morgan fingerprint density at radius 3 is 3.08 bits per heavy atom. The molecule has 1 aliphatic rings. The summed E-state index contributed by atoms with van der Waals surface area (Å²) >= 11 is 6.07. The monoisotopic (exact) mass is 196 g/mol. The largest absolute Gasteiger partial charge is 0.334 e. The maximum Gasteiger partial charge on any atom is 0.135 e. The van der Waals surface area contributed by atoms with E-state index in [9.17, 15) is 0 Å². The normalized spacial score (nSPS) is 22.9. The zero-order valence-corrected chi connectivity index (χ0v) is 8.46. The van der Waals surface area contributed by atoms with Crippen molar-refractivity contribution < 1.29 is 0 Å². The lowest BCUT2D eigenvalue weighted by Gasteiger charge is -2.15. The summed E-state index contributed by atoms with van der Waals surface area (Å²) in [6.07, 6.45) is 9.30. The van der Waals surface area contributed by atoms with Crippen molar-refractivity contribution in [1.29, 1.82) is 0 Å². The molecule has 0 aromatic carbocycles. The van der Waals surface area contributed by atoms with Crippen LogP contribution in [0.2, 0.25) is 0 Å². The fourth-order valence-corrected chi connectivity index (χ4v) is 2.04. The van der Waals surface area contributed by atoms with Gasteiger partial charge in [-0.15, -0.1) is 11.6 Å². The van der Waals surface area contributed by atoms with Crippen molar-refractivity contribution in [2.45, 2.75) is 24.6 Å². The highest BCUT2D eigenvalue weighted by Gasteiger charge is 2.14. The minimum atomic E-state index is 0.195. The second-order valence-electron chi connectivity index (χ2n) is 3.46. The van der Waals surface area contributed by atoms with Gasteiger partial charge in [0.25, 0.3) is 0 Å². The third-order valence-electron chi connectivity index (χ3n) is 2.42. The molecule has 0 saturated carbocycles. The summed E-state index contributed by atoms with van der Waals surface area (Å²) in [5.41, 5.74) is 1.29. The smallest absolute Gasteiger partial charge is 0.135 e. The maximum absolute atomic E-state index is 6.07. The zero-order valence-electron chi connectivity index (χ0n) is 7.70. The number of allylic oxidation sites excluding steroid dienone is 2. The summed E-state index contributed by atoms with van der Waals surface area (Å²) in [4.78, 5) is 4.31. The molecular formula is C10H13ClN2. The summed E-state index contributed by atoms with van der Waals surface area (Å²) in [6.45, 7) is 0. The highest BCUT2D eigenvalue weighted by atomic mass is 35.5. The van der Waals surface area contributed by atoms with Gasteiger partial charge in [0.15, 0.2) is 0 Å². The molecule has 2 nitrogen and oxygen atoms in total. The van der Waals surface area contributed by atoms with Crippen molar-refractivity contribution in [1.82, 2.24) is 9.55 Å². The Morgan fingerprint density at radius 1 is 1.62 bits per heavy atom. The molecule has 0 amide bonds. The summed E-state index contributed by atoms with van der Waals surface area (Å²) in [7, 11) is 2.01. The van der Waals surface area contributed by atoms with E-state index in [1.807, 2.05) is 24.0 Å². The number of hydrogen-bond acceptors (Lipinski definition) is 1. The molecule has 0 N–H and O–H groups in total. The van der Waals surface area contributed by atoms with E-state index >= 15 is 0 Å². The summed E-state index contributed by atoms with van der Waals surface area (Å²) in [5, 5.41) is 0.195. The van der Waals surface area contributed by atoms with Crippen LogP contribution in [0.5, 0.6) is 0 Å². The van der Waals surface area contributed by atoms with E-state index in [0.717, 1.165) is 18.7 Å². The molecule has 0 radical (unpaired) electrons. The average molecular weight is 197 g/mol. The van der Waals surface area contributed by atoms with E-state index in [4.69, 9.17) is 11.6 Å². The van der Waals surface area contributed by atoms with Gasteiger partial charge < -0.3 is 4.57 Å². The molecule has 0 aliphatic heterocycles. The number of aromatic nitrogens is 2. The van der Waals surface area contributed by atoms with Gasteiger partial charge in [0.05, 0.1) is 5.38 Å². The molecular weight excluding hydrogens is 184 g/mol. The van der Waals surface area contributed by atoms with Crippen LogP contribution in [0.3, 0.4) is 0 Å². The Morgan fingerprint density at radius 2 is 2.46 bits per heavy atom. The van der Waals surface area contributed by atoms with E-state index in [2.05, 4.69) is 11.1 Å². The molecule has 2 rings (SSSR count). The third-order valence-corrected chi connectivity index (χ3v) is 2.76. The first-order valence-electron chi connectivity index (χ1n) is 4.60. The summed E-state index contributed by atoms with van der Waals surface area (Å²) < 4.78 is 2.04. The van der Waals surface area contributed by atoms with E-state index in [1.165, 1.54) is 12.0 Å². The van der Waals surface area contributed by atoms with Gasteiger partial charge in [0.2, 0.25) is 0 Å². The van der Waals surface area contributed by atoms with Crippen molar-refractivity contribution in [2.75, 3.05) is 0 Å². The molecule has 0 fully saturated rings. The molecule has 0 bridgehead atoms.